The lowest BCUT2D eigenvalue weighted by Crippen LogP contribution is -2.49. The molecular weight excluding hydrogens is 543 g/mol. The molecule has 40 heavy (non-hydrogen) atoms. The molecule has 1 spiro atoms. The van der Waals surface area contributed by atoms with E-state index in [1.54, 1.807) is 6.07 Å². The number of ether oxygens (including phenoxy) is 1. The predicted molar refractivity (Wildman–Crippen MR) is 147 cm³/mol. The van der Waals surface area contributed by atoms with Gasteiger partial charge >= 0.3 is 0 Å². The maximum atomic E-state index is 15.8. The summed E-state index contributed by atoms with van der Waals surface area (Å²) in [6, 6.07) is 4.84. The van der Waals surface area contributed by atoms with Crippen LogP contribution < -0.4 is 10.6 Å². The monoisotopic (exact) mass is 577 g/mol. The lowest BCUT2D eigenvalue weighted by Gasteiger charge is -2.37. The van der Waals surface area contributed by atoms with Crippen LogP contribution in [-0.4, -0.2) is 61.5 Å². The molecular formula is C30H35ClF3N3O3. The number of ketones is 1. The van der Waals surface area contributed by atoms with E-state index in [4.69, 9.17) is 16.3 Å². The van der Waals surface area contributed by atoms with Crippen molar-refractivity contribution in [3.05, 3.63) is 63.9 Å². The van der Waals surface area contributed by atoms with Crippen molar-refractivity contribution in [3.8, 4) is 0 Å². The van der Waals surface area contributed by atoms with E-state index in [9.17, 15) is 18.4 Å². The van der Waals surface area contributed by atoms with Crippen LogP contribution in [0.15, 0.2) is 30.3 Å². The molecule has 2 aromatic rings. The van der Waals surface area contributed by atoms with Crippen molar-refractivity contribution in [2.24, 2.45) is 5.41 Å². The number of hydrogen-bond acceptors (Lipinski definition) is 5. The Balaban J connectivity index is 1.61. The van der Waals surface area contributed by atoms with Crippen LogP contribution in [0.1, 0.15) is 57.1 Å². The fourth-order valence-corrected chi connectivity index (χ4v) is 6.85. The molecule has 0 aliphatic carbocycles. The van der Waals surface area contributed by atoms with Crippen LogP contribution in [0, 0.1) is 22.9 Å². The number of halogens is 4. The van der Waals surface area contributed by atoms with E-state index in [-0.39, 0.29) is 39.5 Å². The van der Waals surface area contributed by atoms with E-state index >= 15 is 4.39 Å². The first-order valence-electron chi connectivity index (χ1n) is 13.8. The van der Waals surface area contributed by atoms with Crippen LogP contribution in [-0.2, 0) is 19.7 Å². The van der Waals surface area contributed by atoms with Crippen molar-refractivity contribution in [2.75, 3.05) is 38.2 Å². The van der Waals surface area contributed by atoms with Crippen LogP contribution >= 0.6 is 11.6 Å². The summed E-state index contributed by atoms with van der Waals surface area (Å²) in [6.07, 6.45) is 1.20. The summed E-state index contributed by atoms with van der Waals surface area (Å²) < 4.78 is 50.2. The topological polar surface area (TPSA) is 70.7 Å². The van der Waals surface area contributed by atoms with E-state index in [0.29, 0.717) is 32.6 Å². The summed E-state index contributed by atoms with van der Waals surface area (Å²) in [4.78, 5) is 30.2. The Labute approximate surface area is 237 Å². The van der Waals surface area contributed by atoms with Crippen molar-refractivity contribution in [3.63, 3.8) is 0 Å². The molecule has 4 atom stereocenters. The minimum atomic E-state index is -1.58. The van der Waals surface area contributed by atoms with Gasteiger partial charge in [0.05, 0.1) is 24.3 Å². The molecule has 0 unspecified atom stereocenters. The van der Waals surface area contributed by atoms with E-state index in [1.165, 1.54) is 12.1 Å². The molecule has 2 fully saturated rings. The highest BCUT2D eigenvalue weighted by Crippen LogP contribution is 2.57. The number of nitrogens with one attached hydrogen (secondary N) is 2. The van der Waals surface area contributed by atoms with E-state index < -0.39 is 46.8 Å². The van der Waals surface area contributed by atoms with Crippen LogP contribution in [0.5, 0.6) is 0 Å². The summed E-state index contributed by atoms with van der Waals surface area (Å²) in [6.45, 7) is 9.58. The third kappa shape index (κ3) is 5.17. The molecule has 2 N–H and O–H groups in total. The summed E-state index contributed by atoms with van der Waals surface area (Å²) in [5, 5.41) is 5.98. The van der Waals surface area contributed by atoms with Crippen molar-refractivity contribution in [1.29, 1.82) is 0 Å². The number of hydrogen-bond donors (Lipinski definition) is 2. The van der Waals surface area contributed by atoms with Crippen LogP contribution in [0.4, 0.5) is 18.9 Å². The highest BCUT2D eigenvalue weighted by molar-refractivity contribution is 6.30. The average Bonchev–Trinajstić information content (AvgIpc) is 3.36. The molecule has 0 aromatic heterocycles. The second-order valence-electron chi connectivity index (χ2n) is 12.2. The molecule has 3 aliphatic rings. The van der Waals surface area contributed by atoms with E-state index in [0.717, 1.165) is 25.2 Å². The SMILES string of the molecule is CC(C)(C)C[C@H]1N[C@@H](C(=O)CCCN2CCOCC2)[C@H](c2cccc(Cl)c2F)[C@@]12C(=O)Nc1cc(F)c(F)cc12. The fourth-order valence-electron chi connectivity index (χ4n) is 6.67. The second-order valence-corrected chi connectivity index (χ2v) is 12.6. The van der Waals surface area contributed by atoms with Crippen molar-refractivity contribution < 1.29 is 27.5 Å². The third-order valence-corrected chi connectivity index (χ3v) is 8.66. The molecule has 0 radical (unpaired) electrons. The van der Waals surface area contributed by atoms with Crippen molar-refractivity contribution in [1.82, 2.24) is 10.2 Å². The lowest BCUT2D eigenvalue weighted by molar-refractivity contribution is -0.122. The molecule has 2 saturated heterocycles. The number of amides is 1. The van der Waals surface area contributed by atoms with Gasteiger partial charge in [-0.2, -0.15) is 0 Å². The predicted octanol–water partition coefficient (Wildman–Crippen LogP) is 5.19. The number of anilines is 1. The van der Waals surface area contributed by atoms with Gasteiger partial charge in [-0.25, -0.2) is 13.2 Å². The minimum absolute atomic E-state index is 0.0932. The number of Topliss-reactive ketones (excluding diaryl/α,β-unsaturated/α-hetero) is 1. The molecule has 3 aliphatic heterocycles. The zero-order chi connectivity index (χ0) is 28.8. The number of morpholine rings is 1. The summed E-state index contributed by atoms with van der Waals surface area (Å²) >= 11 is 6.20. The minimum Gasteiger partial charge on any atom is -0.379 e. The first-order chi connectivity index (χ1) is 18.9. The van der Waals surface area contributed by atoms with Crippen LogP contribution in [0.3, 0.4) is 0 Å². The lowest BCUT2D eigenvalue weighted by atomic mass is 9.62. The number of nitrogens with zero attached hydrogens (tertiary/aromatic N) is 1. The maximum Gasteiger partial charge on any atom is 0.237 e. The summed E-state index contributed by atoms with van der Waals surface area (Å²) in [7, 11) is 0. The first kappa shape index (κ1) is 29.0. The van der Waals surface area contributed by atoms with Crippen LogP contribution in [0.25, 0.3) is 0 Å². The normalized spacial score (nSPS) is 26.8. The molecule has 1 amide bonds. The number of carbonyl (C=O) groups excluding carboxylic acids is 2. The highest BCUT2D eigenvalue weighted by atomic mass is 35.5. The largest absolute Gasteiger partial charge is 0.379 e. The van der Waals surface area contributed by atoms with Gasteiger partial charge in [0.15, 0.2) is 11.6 Å². The summed E-state index contributed by atoms with van der Waals surface area (Å²) in [5.74, 6) is -4.69. The molecule has 0 saturated carbocycles. The molecule has 5 rings (SSSR count). The first-order valence-corrected chi connectivity index (χ1v) is 14.1. The van der Waals surface area contributed by atoms with E-state index in [1.807, 2.05) is 20.8 Å². The second kappa shape index (κ2) is 11.1. The summed E-state index contributed by atoms with van der Waals surface area (Å²) in [5.41, 5.74) is -1.47. The number of benzene rings is 2. The molecule has 216 valence electrons. The zero-order valence-electron chi connectivity index (χ0n) is 23.0. The van der Waals surface area contributed by atoms with Gasteiger partial charge in [-0.3, -0.25) is 14.5 Å². The maximum absolute atomic E-state index is 15.8. The van der Waals surface area contributed by atoms with Crippen molar-refractivity contribution >= 4 is 29.0 Å². The van der Waals surface area contributed by atoms with Gasteiger partial charge in [0.1, 0.15) is 17.0 Å². The average molecular weight is 578 g/mol. The Bertz CT molecular complexity index is 1310. The van der Waals surface area contributed by atoms with Gasteiger partial charge < -0.3 is 15.4 Å². The smallest absolute Gasteiger partial charge is 0.237 e. The van der Waals surface area contributed by atoms with Gasteiger partial charge in [0, 0.05) is 43.2 Å². The molecule has 6 nitrogen and oxygen atoms in total. The number of rotatable bonds is 7. The molecule has 2 aromatic carbocycles. The fraction of sp³-hybridized carbons (Fsp3) is 0.533. The van der Waals surface area contributed by atoms with Gasteiger partial charge in [0.2, 0.25) is 5.91 Å². The van der Waals surface area contributed by atoms with Crippen molar-refractivity contribution in [2.45, 2.75) is 63.5 Å². The Morgan fingerprint density at radius 1 is 1.15 bits per heavy atom. The van der Waals surface area contributed by atoms with E-state index in [2.05, 4.69) is 15.5 Å². The van der Waals surface area contributed by atoms with Crippen LogP contribution in [0.2, 0.25) is 5.02 Å². The quantitative estimate of drug-likeness (QED) is 0.474. The van der Waals surface area contributed by atoms with Gasteiger partial charge in [-0.15, -0.1) is 0 Å². The Hall–Kier alpha value is -2.46. The number of carbonyl (C=O) groups is 2. The Morgan fingerprint density at radius 2 is 1.85 bits per heavy atom. The van der Waals surface area contributed by atoms with Gasteiger partial charge in [-0.05, 0) is 48.1 Å². The number of fused-ring (bicyclic) bond motifs is 2. The zero-order valence-corrected chi connectivity index (χ0v) is 23.7. The molecule has 3 heterocycles. The standard InChI is InChI=1S/C30H35ClF3N3O3/c1-29(2,3)16-24-30(18-14-20(32)21(33)15-22(18)35-28(30)39)25(17-6-4-7-19(31)26(17)34)27(36-24)23(38)8-5-9-37-10-12-40-13-11-37/h4,6-7,14-15,24-25,27,36H,5,8-13,16H2,1-3H3,(H,35,39)/t24-,25+,27+,30+/m1/s1. The molecule has 10 heteroatoms. The highest BCUT2D eigenvalue weighted by Gasteiger charge is 2.66. The van der Waals surface area contributed by atoms with Gasteiger partial charge in [0.25, 0.3) is 0 Å². The Kier molecular flexibility index (Phi) is 8.05. The molecule has 0 bridgehead atoms. The van der Waals surface area contributed by atoms with Gasteiger partial charge in [-0.1, -0.05) is 44.5 Å². The third-order valence-electron chi connectivity index (χ3n) is 8.37. The Morgan fingerprint density at radius 3 is 2.55 bits per heavy atom.